The van der Waals surface area contributed by atoms with Crippen molar-refractivity contribution in [2.45, 2.75) is 0 Å². The molecule has 0 aromatic carbocycles. The average molecular weight is 250 g/mol. The van der Waals surface area contributed by atoms with Gasteiger partial charge in [-0.05, 0) is 0 Å². The molecule has 12 heteroatoms. The van der Waals surface area contributed by atoms with Gasteiger partial charge in [0.2, 0.25) is 0 Å². The summed E-state index contributed by atoms with van der Waals surface area (Å²) in [6.45, 7) is 0. The Labute approximate surface area is 103 Å². The van der Waals surface area contributed by atoms with E-state index in [1.165, 1.54) is 0 Å². The van der Waals surface area contributed by atoms with Crippen LogP contribution in [-0.2, 0) is 30.5 Å². The van der Waals surface area contributed by atoms with Gasteiger partial charge in [0.1, 0.15) is 0 Å². The van der Waals surface area contributed by atoms with Gasteiger partial charge in [0.25, 0.3) is 0 Å². The maximum atomic E-state index is 9.63. The Morgan fingerprint density at radius 2 is 1.00 bits per heavy atom. The van der Waals surface area contributed by atoms with E-state index in [1.807, 2.05) is 0 Å². The minimum atomic E-state index is -5.05. The van der Waals surface area contributed by atoms with Crippen molar-refractivity contribution in [2.24, 2.45) is 0 Å². The van der Waals surface area contributed by atoms with Crippen LogP contribution in [0.4, 0.5) is 0 Å². The summed E-state index contributed by atoms with van der Waals surface area (Å²) >= 11 is 0. The van der Waals surface area contributed by atoms with Crippen LogP contribution in [0.2, 0.25) is 0 Å². The Kier molecular flexibility index (Phi) is 16.3. The number of rotatable bonds is 2. The van der Waals surface area contributed by atoms with Crippen LogP contribution in [-0.4, -0.2) is 57.3 Å². The first kappa shape index (κ1) is 23.6. The van der Waals surface area contributed by atoms with E-state index in [0.29, 0.717) is 0 Å². The van der Waals surface area contributed by atoms with Crippen molar-refractivity contribution in [3.05, 3.63) is 0 Å². The van der Waals surface area contributed by atoms with E-state index in [-0.39, 0.29) is 54.8 Å². The van der Waals surface area contributed by atoms with Crippen molar-refractivity contribution >= 4 is 53.4 Å². The zero-order valence-electron chi connectivity index (χ0n) is 4.26. The van der Waals surface area contributed by atoms with Crippen molar-refractivity contribution in [1.29, 1.82) is 0 Å². The van der Waals surface area contributed by atoms with Crippen LogP contribution in [0.1, 0.15) is 0 Å². The molecule has 0 aromatic heterocycles. The zero-order valence-corrected chi connectivity index (χ0v) is 7.15. The topological polar surface area (TPSA) is 124 Å². The second kappa shape index (κ2) is 8.30. The molecule has 12 heavy (non-hydrogen) atoms. The van der Waals surface area contributed by atoms with E-state index in [2.05, 4.69) is 4.31 Å². The summed E-state index contributed by atoms with van der Waals surface area (Å²) in [7, 11) is -10.1. The fraction of sp³-hybridized carbons (Fsp3) is 0. The summed E-state index contributed by atoms with van der Waals surface area (Å²) in [6.07, 6.45) is 0. The summed E-state index contributed by atoms with van der Waals surface area (Å²) in [4.78, 5) is 31.0. The third kappa shape index (κ3) is 22.7. The Balaban J connectivity index is -0.000000107. The van der Waals surface area contributed by atoms with Crippen molar-refractivity contribution in [3.63, 3.8) is 0 Å². The van der Waals surface area contributed by atoms with Gasteiger partial charge in [0.05, 0.1) is 0 Å². The first-order valence-electron chi connectivity index (χ1n) is 1.53. The van der Waals surface area contributed by atoms with Gasteiger partial charge in [0, 0.05) is 17.1 Å². The molecule has 0 aliphatic rings. The standard InChI is InChI=1S/Fe.2Li.H4O7P2.2H/c;;;1-8(2,3)7-9(4,5)6;;/h;;;(H2,1,2,3)(H2,4,5,6);;. The molecule has 4 N–H and O–H groups in total. The number of phosphoric acid groups is 2. The van der Waals surface area contributed by atoms with Gasteiger partial charge in [-0.1, -0.05) is 0 Å². The monoisotopic (exact) mass is 250 g/mol. The molecule has 0 atom stereocenters. The Hall–Kier alpha value is 1.97. The number of hydrogen-bond donors (Lipinski definition) is 4. The van der Waals surface area contributed by atoms with Crippen molar-refractivity contribution in [1.82, 2.24) is 0 Å². The predicted molar refractivity (Wildman–Crippen MR) is 39.5 cm³/mol. The zero-order chi connectivity index (χ0) is 7.71. The SMILES string of the molecule is O=P(O)(O)OP(=O)(O)O.[Fe].[LiH].[LiH]. The molecule has 0 heterocycles. The molecule has 0 aliphatic carbocycles. The number of hydrogen-bond acceptors (Lipinski definition) is 3. The quantitative estimate of drug-likeness (QED) is 0.326. The van der Waals surface area contributed by atoms with E-state index in [1.54, 1.807) is 0 Å². The molecule has 7 nitrogen and oxygen atoms in total. The van der Waals surface area contributed by atoms with E-state index < -0.39 is 15.6 Å². The molecule has 0 rings (SSSR count). The van der Waals surface area contributed by atoms with E-state index in [4.69, 9.17) is 19.6 Å². The van der Waals surface area contributed by atoms with Gasteiger partial charge < -0.3 is 19.6 Å². The van der Waals surface area contributed by atoms with Gasteiger partial charge >= 0.3 is 53.4 Å². The third-order valence-corrected chi connectivity index (χ3v) is 1.91. The first-order valence-corrected chi connectivity index (χ1v) is 4.59. The van der Waals surface area contributed by atoms with Gasteiger partial charge in [-0.3, -0.25) is 0 Å². The molecule has 0 spiro atoms. The van der Waals surface area contributed by atoms with Crippen LogP contribution in [0.5, 0.6) is 0 Å². The molecular formula is H6FeLi2O7P2. The molecule has 0 radical (unpaired) electrons. The van der Waals surface area contributed by atoms with Crippen LogP contribution in [0.3, 0.4) is 0 Å². The second-order valence-electron chi connectivity index (χ2n) is 1.06. The molecule has 0 aromatic rings. The van der Waals surface area contributed by atoms with Gasteiger partial charge in [-0.25, -0.2) is 9.13 Å². The molecular weight excluding hydrogens is 244 g/mol. The van der Waals surface area contributed by atoms with Crippen LogP contribution < -0.4 is 0 Å². The maximum absolute atomic E-state index is 9.63. The third-order valence-electron chi connectivity index (χ3n) is 0.213. The fourth-order valence-electron chi connectivity index (χ4n) is 0.139. The van der Waals surface area contributed by atoms with Crippen LogP contribution in [0.15, 0.2) is 0 Å². The molecule has 0 bridgehead atoms. The van der Waals surface area contributed by atoms with Gasteiger partial charge in [0.15, 0.2) is 0 Å². The molecule has 0 fully saturated rings. The molecule has 68 valence electrons. The summed E-state index contributed by atoms with van der Waals surface area (Å²) in [5.74, 6) is 0. The second-order valence-corrected chi connectivity index (χ2v) is 3.68. The molecule has 0 unspecified atom stereocenters. The first-order chi connectivity index (χ1) is 3.71. The van der Waals surface area contributed by atoms with E-state index >= 15 is 0 Å². The van der Waals surface area contributed by atoms with Crippen LogP contribution in [0.25, 0.3) is 0 Å². The normalized spacial score (nSPS) is 10.3. The molecule has 0 saturated heterocycles. The molecule has 0 amide bonds. The van der Waals surface area contributed by atoms with Crippen molar-refractivity contribution in [2.75, 3.05) is 0 Å². The predicted octanol–water partition coefficient (Wildman–Crippen LogP) is -2.11. The van der Waals surface area contributed by atoms with E-state index in [0.717, 1.165) is 0 Å². The summed E-state index contributed by atoms with van der Waals surface area (Å²) in [6, 6.07) is 0. The van der Waals surface area contributed by atoms with Gasteiger partial charge in [-0.15, -0.1) is 0 Å². The molecule has 0 saturated carbocycles. The van der Waals surface area contributed by atoms with Crippen LogP contribution in [0, 0.1) is 0 Å². The van der Waals surface area contributed by atoms with Crippen molar-refractivity contribution in [3.8, 4) is 0 Å². The Morgan fingerprint density at radius 1 is 0.833 bits per heavy atom. The van der Waals surface area contributed by atoms with Crippen LogP contribution >= 0.6 is 15.6 Å². The average Bonchev–Trinajstić information content (AvgIpc) is 1.14. The Morgan fingerprint density at radius 3 is 1.00 bits per heavy atom. The van der Waals surface area contributed by atoms with E-state index in [9.17, 15) is 9.13 Å². The summed E-state index contributed by atoms with van der Waals surface area (Å²) in [5, 5.41) is 0. The minimum absolute atomic E-state index is 0. The summed E-state index contributed by atoms with van der Waals surface area (Å²) < 4.78 is 22.2. The van der Waals surface area contributed by atoms with Gasteiger partial charge in [-0.2, -0.15) is 4.31 Å². The summed E-state index contributed by atoms with van der Waals surface area (Å²) in [5.41, 5.74) is 0. The molecule has 0 aliphatic heterocycles. The van der Waals surface area contributed by atoms with Crippen molar-refractivity contribution < 1.29 is 50.1 Å². The Bertz CT molecular complexity index is 160. The fourth-order valence-corrected chi connectivity index (χ4v) is 1.25.